The van der Waals surface area contributed by atoms with Crippen LogP contribution in [0.5, 0.6) is 0 Å². The molecule has 1 nitrogen and oxygen atoms in total. The third kappa shape index (κ3) is 5.32. The van der Waals surface area contributed by atoms with Crippen LogP contribution < -0.4 is 0 Å². The monoisotopic (exact) mass is 265 g/mol. The quantitative estimate of drug-likeness (QED) is 0.566. The van der Waals surface area contributed by atoms with Gasteiger partial charge in [0.2, 0.25) is 0 Å². The highest BCUT2D eigenvalue weighted by Crippen LogP contribution is 2.09. The van der Waals surface area contributed by atoms with E-state index in [4.69, 9.17) is 0 Å². The summed E-state index contributed by atoms with van der Waals surface area (Å²) < 4.78 is 0. The molecule has 0 bridgehead atoms. The first-order chi connectivity index (χ1) is 9.45. The number of para-hydroxylation sites is 1. The van der Waals surface area contributed by atoms with Crippen LogP contribution >= 0.6 is 11.3 Å². The van der Waals surface area contributed by atoms with Gasteiger partial charge in [-0.05, 0) is 28.5 Å². The molecule has 2 heteroatoms. The van der Waals surface area contributed by atoms with Crippen LogP contribution in [0.15, 0.2) is 88.5 Å². The fourth-order valence-electron chi connectivity index (χ4n) is 1.43. The number of aliphatic imine (C=N–C) groups is 1. The van der Waals surface area contributed by atoms with Crippen molar-refractivity contribution in [3.05, 3.63) is 89.1 Å². The fourth-order valence-corrected chi connectivity index (χ4v) is 1.88. The Labute approximate surface area is 117 Å². The number of hydrogen-bond donors (Lipinski definition) is 0. The van der Waals surface area contributed by atoms with E-state index in [1.807, 2.05) is 89.8 Å². The van der Waals surface area contributed by atoms with Crippen molar-refractivity contribution in [3.63, 3.8) is 0 Å². The summed E-state index contributed by atoms with van der Waals surface area (Å²) in [5.74, 6) is 0. The normalized spacial score (nSPS) is 9.89. The lowest BCUT2D eigenvalue weighted by Gasteiger charge is -1.92. The predicted molar refractivity (Wildman–Crippen MR) is 84.5 cm³/mol. The summed E-state index contributed by atoms with van der Waals surface area (Å²) in [6.07, 6.45) is 1.87. The van der Waals surface area contributed by atoms with Crippen LogP contribution in [0.2, 0.25) is 0 Å². The van der Waals surface area contributed by atoms with Crippen molar-refractivity contribution in [3.8, 4) is 0 Å². The maximum atomic E-state index is 4.35. The van der Waals surface area contributed by atoms with Crippen molar-refractivity contribution in [2.75, 3.05) is 0 Å². The summed E-state index contributed by atoms with van der Waals surface area (Å²) in [4.78, 5) is 4.35. The number of hydrogen-bond acceptors (Lipinski definition) is 2. The number of thiophene rings is 1. The zero-order chi connectivity index (χ0) is 13.2. The molecule has 2 aromatic carbocycles. The molecular weight excluding hydrogens is 250 g/mol. The summed E-state index contributed by atoms with van der Waals surface area (Å²) >= 11 is 1.71. The van der Waals surface area contributed by atoms with Gasteiger partial charge in [-0.1, -0.05) is 60.7 Å². The molecule has 94 valence electrons. The van der Waals surface area contributed by atoms with Gasteiger partial charge in [0, 0.05) is 6.21 Å². The molecule has 0 aliphatic carbocycles. The lowest BCUT2D eigenvalue weighted by Crippen LogP contribution is -1.77. The third-order valence-corrected chi connectivity index (χ3v) is 2.97. The Balaban J connectivity index is 0.000000224. The molecule has 0 amide bonds. The van der Waals surface area contributed by atoms with Gasteiger partial charge in [0.25, 0.3) is 0 Å². The van der Waals surface area contributed by atoms with Crippen LogP contribution in [0, 0.1) is 0 Å². The lowest BCUT2D eigenvalue weighted by molar-refractivity contribution is 1.53. The zero-order valence-corrected chi connectivity index (χ0v) is 11.3. The average molecular weight is 265 g/mol. The molecule has 0 fully saturated rings. The summed E-state index contributed by atoms with van der Waals surface area (Å²) in [7, 11) is 0. The van der Waals surface area contributed by atoms with Crippen LogP contribution in [-0.4, -0.2) is 6.21 Å². The van der Waals surface area contributed by atoms with E-state index in [2.05, 4.69) is 4.99 Å². The van der Waals surface area contributed by atoms with Gasteiger partial charge < -0.3 is 0 Å². The molecule has 0 saturated heterocycles. The van der Waals surface area contributed by atoms with E-state index < -0.39 is 0 Å². The van der Waals surface area contributed by atoms with E-state index >= 15 is 0 Å². The molecule has 19 heavy (non-hydrogen) atoms. The van der Waals surface area contributed by atoms with E-state index in [-0.39, 0.29) is 0 Å². The SMILES string of the molecule is C(=Nc1ccccc1)c1ccccc1.c1ccsc1. The van der Waals surface area contributed by atoms with Gasteiger partial charge in [0.1, 0.15) is 0 Å². The molecule has 1 heterocycles. The maximum absolute atomic E-state index is 4.35. The molecule has 3 aromatic rings. The predicted octanol–water partition coefficient (Wildman–Crippen LogP) is 5.19. The molecule has 0 saturated carbocycles. The van der Waals surface area contributed by atoms with Gasteiger partial charge in [-0.3, -0.25) is 4.99 Å². The summed E-state index contributed by atoms with van der Waals surface area (Å²) in [6, 6.07) is 24.0. The summed E-state index contributed by atoms with van der Waals surface area (Å²) in [6.45, 7) is 0. The minimum atomic E-state index is 0.983. The number of rotatable bonds is 2. The van der Waals surface area contributed by atoms with Crippen LogP contribution in [0.1, 0.15) is 5.56 Å². The molecule has 0 unspecified atom stereocenters. The number of benzene rings is 2. The minimum Gasteiger partial charge on any atom is -0.256 e. The third-order valence-electron chi connectivity index (χ3n) is 2.34. The van der Waals surface area contributed by atoms with Crippen molar-refractivity contribution in [1.82, 2.24) is 0 Å². The Morgan fingerprint density at radius 1 is 0.684 bits per heavy atom. The largest absolute Gasteiger partial charge is 0.256 e. The van der Waals surface area contributed by atoms with Crippen molar-refractivity contribution in [1.29, 1.82) is 0 Å². The van der Waals surface area contributed by atoms with E-state index in [1.165, 1.54) is 0 Å². The van der Waals surface area contributed by atoms with Crippen molar-refractivity contribution in [2.24, 2.45) is 4.99 Å². The summed E-state index contributed by atoms with van der Waals surface area (Å²) in [5.41, 5.74) is 2.10. The van der Waals surface area contributed by atoms with Crippen molar-refractivity contribution < 1.29 is 0 Å². The first kappa shape index (κ1) is 13.2. The van der Waals surface area contributed by atoms with E-state index in [1.54, 1.807) is 11.3 Å². The molecule has 1 aromatic heterocycles. The highest BCUT2D eigenvalue weighted by atomic mass is 32.1. The second kappa shape index (κ2) is 8.01. The maximum Gasteiger partial charge on any atom is 0.0629 e. The highest BCUT2D eigenvalue weighted by molar-refractivity contribution is 7.07. The molecule has 0 aliphatic heterocycles. The van der Waals surface area contributed by atoms with Crippen molar-refractivity contribution >= 4 is 23.2 Å². The minimum absolute atomic E-state index is 0.983. The average Bonchev–Trinajstić information content (AvgIpc) is 3.07. The van der Waals surface area contributed by atoms with Gasteiger partial charge in [-0.25, -0.2) is 0 Å². The van der Waals surface area contributed by atoms with E-state index in [9.17, 15) is 0 Å². The van der Waals surface area contributed by atoms with E-state index in [0.29, 0.717) is 0 Å². The second-order valence-electron chi connectivity index (χ2n) is 3.80. The Morgan fingerprint density at radius 3 is 1.79 bits per heavy atom. The van der Waals surface area contributed by atoms with Crippen LogP contribution in [0.25, 0.3) is 0 Å². The lowest BCUT2D eigenvalue weighted by atomic mass is 10.2. The highest BCUT2D eigenvalue weighted by Gasteiger charge is 1.85. The van der Waals surface area contributed by atoms with Gasteiger partial charge in [0.05, 0.1) is 5.69 Å². The number of nitrogens with zero attached hydrogens (tertiary/aromatic N) is 1. The zero-order valence-electron chi connectivity index (χ0n) is 10.5. The van der Waals surface area contributed by atoms with Gasteiger partial charge in [-0.2, -0.15) is 11.3 Å². The summed E-state index contributed by atoms with van der Waals surface area (Å²) in [5, 5.41) is 4.08. The molecular formula is C17H15NS. The van der Waals surface area contributed by atoms with E-state index in [0.717, 1.165) is 11.3 Å². The first-order valence-electron chi connectivity index (χ1n) is 6.06. The van der Waals surface area contributed by atoms with Crippen LogP contribution in [-0.2, 0) is 0 Å². The Bertz CT molecular complexity index is 512. The molecule has 3 rings (SSSR count). The first-order valence-corrected chi connectivity index (χ1v) is 7.01. The van der Waals surface area contributed by atoms with Crippen molar-refractivity contribution in [2.45, 2.75) is 0 Å². The van der Waals surface area contributed by atoms with Gasteiger partial charge >= 0.3 is 0 Å². The molecule has 0 spiro atoms. The Kier molecular flexibility index (Phi) is 5.58. The fraction of sp³-hybridized carbons (Fsp3) is 0. The Morgan fingerprint density at radius 2 is 1.26 bits per heavy atom. The van der Waals surface area contributed by atoms with Crippen LogP contribution in [0.4, 0.5) is 5.69 Å². The second-order valence-corrected chi connectivity index (χ2v) is 4.61. The standard InChI is InChI=1S/C13H11N.C4H4S/c1-3-7-12(8-4-1)11-14-13-9-5-2-6-10-13;1-2-4-5-3-1/h1-11H;1-4H. The molecule has 0 radical (unpaired) electrons. The van der Waals surface area contributed by atoms with Crippen LogP contribution in [0.3, 0.4) is 0 Å². The molecule has 0 atom stereocenters. The Hall–Kier alpha value is -2.19. The van der Waals surface area contributed by atoms with Gasteiger partial charge in [0.15, 0.2) is 0 Å². The molecule has 0 aliphatic rings. The molecule has 0 N–H and O–H groups in total. The topological polar surface area (TPSA) is 12.4 Å². The smallest absolute Gasteiger partial charge is 0.0629 e. The van der Waals surface area contributed by atoms with Gasteiger partial charge in [-0.15, -0.1) is 0 Å².